The fourth-order valence-corrected chi connectivity index (χ4v) is 3.68. The van der Waals surface area contributed by atoms with Gasteiger partial charge in [-0.15, -0.1) is 10.2 Å². The Labute approximate surface area is 154 Å². The minimum absolute atomic E-state index is 0.0181. The van der Waals surface area contributed by atoms with E-state index < -0.39 is 11.6 Å². The molecule has 140 valence electrons. The molecular formula is C18H20N6O3. The Bertz CT molecular complexity index is 1140. The van der Waals surface area contributed by atoms with E-state index in [1.165, 1.54) is 9.47 Å². The molecule has 9 heteroatoms. The second-order valence-electron chi connectivity index (χ2n) is 6.74. The van der Waals surface area contributed by atoms with Crippen LogP contribution >= 0.6 is 0 Å². The van der Waals surface area contributed by atoms with Crippen LogP contribution in [0.25, 0.3) is 16.7 Å². The van der Waals surface area contributed by atoms with Gasteiger partial charge < -0.3 is 5.32 Å². The Kier molecular flexibility index (Phi) is 3.76. The molecule has 1 fully saturated rings. The molecule has 1 aromatic carbocycles. The largest absolute Gasteiger partial charge is 0.325 e. The lowest BCUT2D eigenvalue weighted by Gasteiger charge is -2.22. The summed E-state index contributed by atoms with van der Waals surface area (Å²) in [5.74, 6) is 0.518. The number of benzene rings is 1. The maximum Gasteiger partial charge on any atom is 0.325 e. The van der Waals surface area contributed by atoms with Crippen molar-refractivity contribution in [1.29, 1.82) is 0 Å². The topological polar surface area (TPSA) is 102 Å². The molecule has 1 N–H and O–H groups in total. The van der Waals surface area contributed by atoms with Crippen molar-refractivity contribution in [1.82, 2.24) is 29.4 Å². The van der Waals surface area contributed by atoms with Gasteiger partial charge in [0.15, 0.2) is 5.82 Å². The van der Waals surface area contributed by atoms with Crippen LogP contribution in [-0.2, 0) is 18.4 Å². The summed E-state index contributed by atoms with van der Waals surface area (Å²) in [6.07, 6.45) is 1.03. The van der Waals surface area contributed by atoms with Crippen molar-refractivity contribution >= 4 is 28.6 Å². The molecule has 1 aliphatic heterocycles. The highest BCUT2D eigenvalue weighted by molar-refractivity contribution is 6.06. The molecule has 3 heterocycles. The Hall–Kier alpha value is -3.23. The van der Waals surface area contributed by atoms with Crippen molar-refractivity contribution in [2.75, 3.05) is 0 Å². The molecule has 1 aliphatic rings. The minimum atomic E-state index is -0.869. The van der Waals surface area contributed by atoms with E-state index in [2.05, 4.69) is 15.5 Å². The lowest BCUT2D eigenvalue weighted by atomic mass is 9.93. The summed E-state index contributed by atoms with van der Waals surface area (Å²) in [6.45, 7) is 3.73. The van der Waals surface area contributed by atoms with Crippen molar-refractivity contribution in [2.24, 2.45) is 7.05 Å². The van der Waals surface area contributed by atoms with Crippen molar-refractivity contribution in [3.8, 4) is 0 Å². The molecule has 0 radical (unpaired) electrons. The zero-order valence-corrected chi connectivity index (χ0v) is 15.4. The van der Waals surface area contributed by atoms with Gasteiger partial charge in [-0.1, -0.05) is 26.0 Å². The number of hydrogen-bond donors (Lipinski definition) is 1. The van der Waals surface area contributed by atoms with Crippen LogP contribution in [0, 0.1) is 0 Å². The molecule has 27 heavy (non-hydrogen) atoms. The third-order valence-electron chi connectivity index (χ3n) is 5.45. The van der Waals surface area contributed by atoms with Crippen LogP contribution in [0.15, 0.2) is 29.1 Å². The SMILES string of the molecule is CCC1(CC)NC(=O)N(Cc2nnc3n(C)c(=O)c4ccccc4n23)C1=O. The van der Waals surface area contributed by atoms with Crippen LogP contribution in [0.1, 0.15) is 32.5 Å². The molecule has 3 amide bonds. The number of hydrogen-bond acceptors (Lipinski definition) is 5. The van der Waals surface area contributed by atoms with Crippen molar-refractivity contribution < 1.29 is 9.59 Å². The minimum Gasteiger partial charge on any atom is -0.323 e. The summed E-state index contributed by atoms with van der Waals surface area (Å²) < 4.78 is 3.13. The number of aromatic nitrogens is 4. The number of carbonyl (C=O) groups is 2. The maximum absolute atomic E-state index is 12.9. The fourth-order valence-electron chi connectivity index (χ4n) is 3.68. The van der Waals surface area contributed by atoms with Gasteiger partial charge in [0.1, 0.15) is 5.54 Å². The van der Waals surface area contributed by atoms with Gasteiger partial charge in [-0.3, -0.25) is 23.5 Å². The summed E-state index contributed by atoms with van der Waals surface area (Å²) >= 11 is 0. The number of imide groups is 1. The normalized spacial score (nSPS) is 16.5. The van der Waals surface area contributed by atoms with E-state index in [1.807, 2.05) is 19.9 Å². The molecule has 0 saturated carbocycles. The van der Waals surface area contributed by atoms with E-state index in [0.29, 0.717) is 35.3 Å². The number of nitrogens with zero attached hydrogens (tertiary/aromatic N) is 5. The van der Waals surface area contributed by atoms with E-state index in [0.717, 1.165) is 0 Å². The van der Waals surface area contributed by atoms with Crippen LogP contribution in [0.5, 0.6) is 0 Å². The molecule has 0 spiro atoms. The monoisotopic (exact) mass is 368 g/mol. The number of rotatable bonds is 4. The molecule has 4 rings (SSSR count). The molecule has 9 nitrogen and oxygen atoms in total. The fraction of sp³-hybridized carbons (Fsp3) is 0.389. The maximum atomic E-state index is 12.9. The number of amides is 3. The summed E-state index contributed by atoms with van der Waals surface area (Å²) in [5, 5.41) is 11.6. The first-order valence-corrected chi connectivity index (χ1v) is 8.89. The van der Waals surface area contributed by atoms with E-state index >= 15 is 0 Å². The second kappa shape index (κ2) is 5.90. The van der Waals surface area contributed by atoms with Gasteiger partial charge in [0.2, 0.25) is 5.78 Å². The molecule has 1 saturated heterocycles. The first-order chi connectivity index (χ1) is 12.9. The predicted octanol–water partition coefficient (Wildman–Crippen LogP) is 1.19. The van der Waals surface area contributed by atoms with Gasteiger partial charge in [-0.2, -0.15) is 0 Å². The Morgan fingerprint density at radius 1 is 1.07 bits per heavy atom. The summed E-state index contributed by atoms with van der Waals surface area (Å²) in [6, 6.07) is 6.69. The van der Waals surface area contributed by atoms with Gasteiger partial charge in [-0.25, -0.2) is 4.79 Å². The highest BCUT2D eigenvalue weighted by Crippen LogP contribution is 2.26. The lowest BCUT2D eigenvalue weighted by Crippen LogP contribution is -2.45. The lowest BCUT2D eigenvalue weighted by molar-refractivity contribution is -0.132. The van der Waals surface area contributed by atoms with E-state index in [1.54, 1.807) is 29.6 Å². The highest BCUT2D eigenvalue weighted by Gasteiger charge is 2.49. The third-order valence-corrected chi connectivity index (χ3v) is 5.45. The zero-order valence-electron chi connectivity index (χ0n) is 15.4. The van der Waals surface area contributed by atoms with Crippen LogP contribution in [0.2, 0.25) is 0 Å². The average molecular weight is 368 g/mol. The Morgan fingerprint density at radius 3 is 2.44 bits per heavy atom. The molecule has 0 bridgehead atoms. The van der Waals surface area contributed by atoms with Gasteiger partial charge in [0, 0.05) is 7.05 Å². The van der Waals surface area contributed by atoms with Crippen molar-refractivity contribution in [3.05, 3.63) is 40.4 Å². The second-order valence-corrected chi connectivity index (χ2v) is 6.74. The zero-order chi connectivity index (χ0) is 19.3. The summed E-state index contributed by atoms with van der Waals surface area (Å²) in [5.41, 5.74) is -0.408. The number of carbonyl (C=O) groups excluding carboxylic acids is 2. The number of urea groups is 1. The van der Waals surface area contributed by atoms with Gasteiger partial charge >= 0.3 is 6.03 Å². The number of nitrogens with one attached hydrogen (secondary N) is 1. The van der Waals surface area contributed by atoms with Crippen LogP contribution in [0.4, 0.5) is 4.79 Å². The smallest absolute Gasteiger partial charge is 0.323 e. The summed E-state index contributed by atoms with van der Waals surface area (Å²) in [7, 11) is 1.62. The molecular weight excluding hydrogens is 348 g/mol. The number of fused-ring (bicyclic) bond motifs is 3. The molecule has 0 unspecified atom stereocenters. The van der Waals surface area contributed by atoms with Crippen LogP contribution < -0.4 is 10.9 Å². The third kappa shape index (κ3) is 2.27. The van der Waals surface area contributed by atoms with E-state index in [9.17, 15) is 14.4 Å². The highest BCUT2D eigenvalue weighted by atomic mass is 16.2. The van der Waals surface area contributed by atoms with Gasteiger partial charge in [-0.05, 0) is 25.0 Å². The molecule has 2 aromatic heterocycles. The predicted molar refractivity (Wildman–Crippen MR) is 98.1 cm³/mol. The van der Waals surface area contributed by atoms with Crippen molar-refractivity contribution in [2.45, 2.75) is 38.8 Å². The van der Waals surface area contributed by atoms with Gasteiger partial charge in [0.25, 0.3) is 11.5 Å². The Balaban J connectivity index is 1.86. The molecule has 0 atom stereocenters. The number of aryl methyl sites for hydroxylation is 1. The quantitative estimate of drug-likeness (QED) is 0.697. The van der Waals surface area contributed by atoms with E-state index in [4.69, 9.17) is 0 Å². The van der Waals surface area contributed by atoms with E-state index in [-0.39, 0.29) is 18.0 Å². The van der Waals surface area contributed by atoms with Crippen LogP contribution in [0.3, 0.4) is 0 Å². The summed E-state index contributed by atoms with van der Waals surface area (Å²) in [4.78, 5) is 39.0. The first-order valence-electron chi connectivity index (χ1n) is 8.89. The molecule has 3 aromatic rings. The average Bonchev–Trinajstić information content (AvgIpc) is 3.21. The van der Waals surface area contributed by atoms with Crippen molar-refractivity contribution in [3.63, 3.8) is 0 Å². The molecule has 0 aliphatic carbocycles. The Morgan fingerprint density at radius 2 is 1.78 bits per heavy atom. The van der Waals surface area contributed by atoms with Crippen LogP contribution in [-0.4, -0.2) is 41.5 Å². The van der Waals surface area contributed by atoms with Gasteiger partial charge in [0.05, 0.1) is 17.4 Å². The standard InChI is InChI=1S/C18H20N6O3/c1-4-18(5-2)15(26)23(17(27)19-18)10-13-20-21-16-22(3)14(25)11-8-6-7-9-12(11)24(13)16/h6-9H,4-5,10H2,1-3H3,(H,19,27). The number of para-hydroxylation sites is 1. The first kappa shape index (κ1) is 17.2.